The monoisotopic (exact) mass is 387 g/mol. The number of carbonyl (C=O) groups is 1. The molecule has 1 amide bonds. The van der Waals surface area contributed by atoms with Crippen molar-refractivity contribution in [1.82, 2.24) is 19.2 Å². The summed E-state index contributed by atoms with van der Waals surface area (Å²) in [4.78, 5) is 29.6. The van der Waals surface area contributed by atoms with Gasteiger partial charge < -0.3 is 9.88 Å². The average molecular weight is 387 g/mol. The fourth-order valence-electron chi connectivity index (χ4n) is 3.18. The van der Waals surface area contributed by atoms with Crippen LogP contribution in [0.3, 0.4) is 0 Å². The van der Waals surface area contributed by atoms with Crippen LogP contribution in [0.4, 0.5) is 5.69 Å². The van der Waals surface area contributed by atoms with Crippen LogP contribution in [0.1, 0.15) is 16.8 Å². The van der Waals surface area contributed by atoms with E-state index in [4.69, 9.17) is 0 Å². The molecule has 7 nitrogen and oxygen atoms in total. The Morgan fingerprint density at radius 2 is 1.76 bits per heavy atom. The van der Waals surface area contributed by atoms with Crippen LogP contribution in [0.15, 0.2) is 59.4 Å². The minimum absolute atomic E-state index is 0.0233. The van der Waals surface area contributed by atoms with E-state index >= 15 is 0 Å². The Kier molecular flexibility index (Phi) is 4.72. The van der Waals surface area contributed by atoms with E-state index in [1.54, 1.807) is 11.5 Å². The first kappa shape index (κ1) is 18.6. The van der Waals surface area contributed by atoms with Crippen molar-refractivity contribution in [2.75, 3.05) is 5.32 Å². The summed E-state index contributed by atoms with van der Waals surface area (Å²) in [7, 11) is 0. The average Bonchev–Trinajstić information content (AvgIpc) is 3.13. The zero-order valence-electron chi connectivity index (χ0n) is 16.5. The first-order valence-corrected chi connectivity index (χ1v) is 9.31. The van der Waals surface area contributed by atoms with Crippen molar-refractivity contribution in [1.29, 1.82) is 0 Å². The smallest absolute Gasteiger partial charge is 0.275 e. The zero-order valence-corrected chi connectivity index (χ0v) is 16.5. The van der Waals surface area contributed by atoms with Crippen LogP contribution in [0, 0.1) is 20.8 Å². The van der Waals surface area contributed by atoms with Crippen LogP contribution in [0.25, 0.3) is 17.2 Å². The summed E-state index contributed by atoms with van der Waals surface area (Å²) in [6.07, 6.45) is 0. The number of carbonyl (C=O) groups excluding carboxylic acids is 1. The van der Waals surface area contributed by atoms with Crippen molar-refractivity contribution in [3.63, 3.8) is 0 Å². The molecule has 0 aliphatic heterocycles. The second-order valence-electron chi connectivity index (χ2n) is 7.14. The Hall–Kier alpha value is -3.74. The largest absolute Gasteiger partial charge is 0.325 e. The third-order valence-electron chi connectivity index (χ3n) is 4.71. The molecule has 4 rings (SSSR count). The Bertz CT molecular complexity index is 1270. The molecule has 2 aromatic heterocycles. The maximum atomic E-state index is 12.6. The molecule has 146 valence electrons. The maximum absolute atomic E-state index is 12.6. The van der Waals surface area contributed by atoms with Crippen LogP contribution in [-0.4, -0.2) is 25.1 Å². The molecule has 0 aliphatic carbocycles. The number of hydrogen-bond acceptors (Lipinski definition) is 4. The Morgan fingerprint density at radius 3 is 2.48 bits per heavy atom. The normalized spacial score (nSPS) is 11.0. The predicted molar refractivity (Wildman–Crippen MR) is 112 cm³/mol. The SMILES string of the molecule is Cc1ccc(NC(=O)Cn2c(C)cc(=O)n3nc(-c4cccc(C)c4)nc23)cc1. The highest BCUT2D eigenvalue weighted by Gasteiger charge is 2.15. The second-order valence-corrected chi connectivity index (χ2v) is 7.14. The third kappa shape index (κ3) is 3.80. The van der Waals surface area contributed by atoms with Crippen molar-refractivity contribution in [2.24, 2.45) is 0 Å². The molecule has 2 aromatic carbocycles. The van der Waals surface area contributed by atoms with Gasteiger partial charge in [-0.3, -0.25) is 9.59 Å². The van der Waals surface area contributed by atoms with Gasteiger partial charge >= 0.3 is 0 Å². The second kappa shape index (κ2) is 7.35. The Morgan fingerprint density at radius 1 is 1.00 bits per heavy atom. The molecular formula is C22H21N5O2. The summed E-state index contributed by atoms with van der Waals surface area (Å²) in [6.45, 7) is 5.78. The summed E-state index contributed by atoms with van der Waals surface area (Å²) < 4.78 is 2.93. The number of aryl methyl sites for hydroxylation is 3. The van der Waals surface area contributed by atoms with E-state index < -0.39 is 0 Å². The number of fused-ring (bicyclic) bond motifs is 1. The summed E-state index contributed by atoms with van der Waals surface area (Å²) in [5.41, 5.74) is 4.10. The molecule has 0 aliphatic rings. The lowest BCUT2D eigenvalue weighted by Crippen LogP contribution is -2.25. The van der Waals surface area contributed by atoms with E-state index in [-0.39, 0.29) is 18.0 Å². The Balaban J connectivity index is 1.71. The van der Waals surface area contributed by atoms with Gasteiger partial charge in [-0.25, -0.2) is 0 Å². The first-order valence-electron chi connectivity index (χ1n) is 9.31. The van der Waals surface area contributed by atoms with Gasteiger partial charge in [0.2, 0.25) is 11.7 Å². The molecule has 0 bridgehead atoms. The minimum Gasteiger partial charge on any atom is -0.325 e. The summed E-state index contributed by atoms with van der Waals surface area (Å²) in [6, 6.07) is 16.8. The number of nitrogens with one attached hydrogen (secondary N) is 1. The van der Waals surface area contributed by atoms with Gasteiger partial charge in [-0.2, -0.15) is 9.50 Å². The van der Waals surface area contributed by atoms with Gasteiger partial charge in [0.15, 0.2) is 5.82 Å². The number of hydrogen-bond donors (Lipinski definition) is 1. The number of nitrogens with zero attached hydrogens (tertiary/aromatic N) is 4. The van der Waals surface area contributed by atoms with E-state index in [2.05, 4.69) is 15.4 Å². The van der Waals surface area contributed by atoms with E-state index in [9.17, 15) is 9.59 Å². The third-order valence-corrected chi connectivity index (χ3v) is 4.71. The quantitative estimate of drug-likeness (QED) is 0.583. The minimum atomic E-state index is -0.279. The van der Waals surface area contributed by atoms with Crippen molar-refractivity contribution in [3.05, 3.63) is 81.8 Å². The van der Waals surface area contributed by atoms with Crippen molar-refractivity contribution in [2.45, 2.75) is 27.3 Å². The maximum Gasteiger partial charge on any atom is 0.275 e. The molecule has 0 atom stereocenters. The molecule has 0 unspecified atom stereocenters. The molecule has 29 heavy (non-hydrogen) atoms. The van der Waals surface area contributed by atoms with Crippen molar-refractivity contribution >= 4 is 17.4 Å². The fraction of sp³-hybridized carbons (Fsp3) is 0.182. The molecule has 1 N–H and O–H groups in total. The van der Waals surface area contributed by atoms with E-state index in [1.165, 1.54) is 10.6 Å². The van der Waals surface area contributed by atoms with Crippen molar-refractivity contribution < 1.29 is 4.79 Å². The van der Waals surface area contributed by atoms with E-state index in [0.717, 1.165) is 22.4 Å². The highest BCUT2D eigenvalue weighted by atomic mass is 16.2. The number of anilines is 1. The van der Waals surface area contributed by atoms with Gasteiger partial charge in [0.1, 0.15) is 6.54 Å². The molecule has 0 spiro atoms. The first-order chi connectivity index (χ1) is 13.9. The summed E-state index contributed by atoms with van der Waals surface area (Å²) in [5, 5.41) is 7.24. The standard InChI is InChI=1S/C22H21N5O2/c1-14-7-9-18(10-8-14)23-19(28)13-26-16(3)12-20(29)27-22(26)24-21(25-27)17-6-4-5-15(2)11-17/h4-12H,13H2,1-3H3,(H,23,28). The lowest BCUT2D eigenvalue weighted by atomic mass is 10.1. The molecule has 0 saturated carbocycles. The lowest BCUT2D eigenvalue weighted by Gasteiger charge is -2.11. The highest BCUT2D eigenvalue weighted by Crippen LogP contribution is 2.17. The van der Waals surface area contributed by atoms with Crippen LogP contribution in [0.2, 0.25) is 0 Å². The van der Waals surface area contributed by atoms with Crippen LogP contribution in [0.5, 0.6) is 0 Å². The summed E-state index contributed by atoms with van der Waals surface area (Å²) in [5.74, 6) is 0.581. The van der Waals surface area contributed by atoms with Crippen LogP contribution < -0.4 is 10.9 Å². The predicted octanol–water partition coefficient (Wildman–Crippen LogP) is 3.12. The number of rotatable bonds is 4. The highest BCUT2D eigenvalue weighted by molar-refractivity contribution is 5.90. The van der Waals surface area contributed by atoms with Gasteiger partial charge in [0.05, 0.1) is 0 Å². The molecule has 0 fully saturated rings. The molecule has 0 saturated heterocycles. The van der Waals surface area contributed by atoms with E-state index in [0.29, 0.717) is 17.3 Å². The van der Waals surface area contributed by atoms with Crippen molar-refractivity contribution in [3.8, 4) is 11.4 Å². The van der Waals surface area contributed by atoms with Crippen LogP contribution in [-0.2, 0) is 11.3 Å². The van der Waals surface area contributed by atoms with Gasteiger partial charge in [0.25, 0.3) is 5.56 Å². The summed E-state index contributed by atoms with van der Waals surface area (Å²) >= 11 is 0. The van der Waals surface area contributed by atoms with Crippen LogP contribution >= 0.6 is 0 Å². The lowest BCUT2D eigenvalue weighted by molar-refractivity contribution is -0.116. The molecule has 2 heterocycles. The number of aromatic nitrogens is 4. The topological polar surface area (TPSA) is 81.3 Å². The molecule has 4 aromatic rings. The molecule has 7 heteroatoms. The fourth-order valence-corrected chi connectivity index (χ4v) is 3.18. The van der Waals surface area contributed by atoms with Gasteiger partial charge in [-0.1, -0.05) is 41.5 Å². The van der Waals surface area contributed by atoms with Gasteiger partial charge in [0, 0.05) is 23.0 Å². The Labute approximate surface area is 167 Å². The number of benzene rings is 2. The zero-order chi connectivity index (χ0) is 20.5. The number of amides is 1. The molecule has 0 radical (unpaired) electrons. The van der Waals surface area contributed by atoms with Gasteiger partial charge in [-0.05, 0) is 39.0 Å². The van der Waals surface area contributed by atoms with E-state index in [1.807, 2.05) is 62.4 Å². The van der Waals surface area contributed by atoms with Gasteiger partial charge in [-0.15, -0.1) is 5.10 Å². The molecular weight excluding hydrogens is 366 g/mol.